The van der Waals surface area contributed by atoms with Crippen molar-refractivity contribution < 1.29 is 9.53 Å². The van der Waals surface area contributed by atoms with Gasteiger partial charge in [-0.15, -0.1) is 0 Å². The highest BCUT2D eigenvalue weighted by Gasteiger charge is 2.04. The molecule has 0 unspecified atom stereocenters. The molecule has 0 aromatic heterocycles. The van der Waals surface area contributed by atoms with Crippen LogP contribution in [0.25, 0.3) is 0 Å². The first-order chi connectivity index (χ1) is 11.5. The van der Waals surface area contributed by atoms with E-state index in [0.717, 1.165) is 31.7 Å². The number of hydrogen-bond acceptors (Lipinski definition) is 4. The Morgan fingerprint density at radius 1 is 0.958 bits per heavy atom. The number of hydrogen-bond donors (Lipinski definition) is 3. The van der Waals surface area contributed by atoms with Gasteiger partial charge in [-0.05, 0) is 57.5 Å². The average molecular weight is 335 g/mol. The molecule has 1 aromatic carbocycles. The van der Waals surface area contributed by atoms with Gasteiger partial charge in [-0.3, -0.25) is 4.79 Å². The van der Waals surface area contributed by atoms with E-state index in [1.165, 1.54) is 0 Å². The van der Waals surface area contributed by atoms with E-state index >= 15 is 0 Å². The third kappa shape index (κ3) is 9.53. The average Bonchev–Trinajstić information content (AvgIpc) is 2.53. The third-order valence-electron chi connectivity index (χ3n) is 3.37. The van der Waals surface area contributed by atoms with Crippen molar-refractivity contribution in [3.05, 3.63) is 29.8 Å². The lowest BCUT2D eigenvalue weighted by Crippen LogP contribution is -2.26. The Balaban J connectivity index is 2.09. The smallest absolute Gasteiger partial charge is 0.251 e. The molecule has 0 fully saturated rings. The van der Waals surface area contributed by atoms with Crippen molar-refractivity contribution >= 4 is 11.6 Å². The number of nitrogens with one attached hydrogen (secondary N) is 3. The summed E-state index contributed by atoms with van der Waals surface area (Å²) in [6, 6.07) is 8.46. The largest absolute Gasteiger partial charge is 0.383 e. The number of ether oxygens (including phenoxy) is 1. The normalized spacial score (nSPS) is 11.1. The third-order valence-corrected chi connectivity index (χ3v) is 3.37. The van der Waals surface area contributed by atoms with E-state index in [1.807, 2.05) is 24.3 Å². The summed E-state index contributed by atoms with van der Waals surface area (Å²) in [5.74, 6) is -0.0350. The number of carbonyl (C=O) groups is 1. The first-order valence-electron chi connectivity index (χ1n) is 8.95. The van der Waals surface area contributed by atoms with E-state index in [2.05, 4.69) is 43.6 Å². The lowest BCUT2D eigenvalue weighted by molar-refractivity contribution is 0.0940. The highest BCUT2D eigenvalue weighted by atomic mass is 16.5. The maximum atomic E-state index is 12.0. The van der Waals surface area contributed by atoms with Gasteiger partial charge in [0.15, 0.2) is 0 Å². The Hall–Kier alpha value is -1.59. The summed E-state index contributed by atoms with van der Waals surface area (Å²) >= 11 is 0. The molecule has 1 rings (SSSR count). The molecule has 5 heteroatoms. The minimum absolute atomic E-state index is 0.0350. The van der Waals surface area contributed by atoms with Crippen LogP contribution in [0.15, 0.2) is 24.3 Å². The Morgan fingerprint density at radius 3 is 2.17 bits per heavy atom. The Bertz CT molecular complexity index is 458. The lowest BCUT2D eigenvalue weighted by Gasteiger charge is -2.11. The van der Waals surface area contributed by atoms with Crippen molar-refractivity contribution in [2.75, 3.05) is 31.6 Å². The summed E-state index contributed by atoms with van der Waals surface area (Å²) in [6.07, 6.45) is 1.84. The molecule has 0 aliphatic rings. The zero-order valence-electron chi connectivity index (χ0n) is 15.5. The standard InChI is InChI=1S/C19H33N3O2/c1-15(2)20-11-5-13-24-14-6-12-21-19(23)17-7-9-18(10-8-17)22-16(3)4/h7-10,15-16,20,22H,5-6,11-14H2,1-4H3,(H,21,23). The Kier molecular flexibility index (Phi) is 10.1. The molecule has 0 aliphatic carbocycles. The summed E-state index contributed by atoms with van der Waals surface area (Å²) in [7, 11) is 0. The Labute approximate surface area is 146 Å². The highest BCUT2D eigenvalue weighted by molar-refractivity contribution is 5.94. The molecule has 136 valence electrons. The number of anilines is 1. The van der Waals surface area contributed by atoms with Gasteiger partial charge in [0.05, 0.1) is 0 Å². The van der Waals surface area contributed by atoms with Crippen LogP contribution in [-0.4, -0.2) is 44.3 Å². The molecule has 24 heavy (non-hydrogen) atoms. The van der Waals surface area contributed by atoms with Gasteiger partial charge in [0.25, 0.3) is 5.91 Å². The zero-order valence-corrected chi connectivity index (χ0v) is 15.5. The maximum absolute atomic E-state index is 12.0. The first kappa shape index (κ1) is 20.5. The molecule has 0 atom stereocenters. The number of rotatable bonds is 12. The van der Waals surface area contributed by atoms with E-state index in [9.17, 15) is 4.79 Å². The van der Waals surface area contributed by atoms with Crippen LogP contribution in [0.3, 0.4) is 0 Å². The van der Waals surface area contributed by atoms with Crippen LogP contribution in [0.5, 0.6) is 0 Å². The van der Waals surface area contributed by atoms with Gasteiger partial charge in [-0.1, -0.05) is 13.8 Å². The molecule has 0 spiro atoms. The van der Waals surface area contributed by atoms with Crippen LogP contribution in [0.4, 0.5) is 5.69 Å². The number of carbonyl (C=O) groups excluding carboxylic acids is 1. The topological polar surface area (TPSA) is 62.4 Å². The lowest BCUT2D eigenvalue weighted by atomic mass is 10.2. The fraction of sp³-hybridized carbons (Fsp3) is 0.632. The molecule has 0 bridgehead atoms. The second-order valence-electron chi connectivity index (χ2n) is 6.56. The SMILES string of the molecule is CC(C)NCCCOCCCNC(=O)c1ccc(NC(C)C)cc1. The monoisotopic (exact) mass is 335 g/mol. The molecule has 0 saturated heterocycles. The summed E-state index contributed by atoms with van der Waals surface area (Å²) < 4.78 is 5.56. The van der Waals surface area contributed by atoms with Crippen molar-refractivity contribution in [3.63, 3.8) is 0 Å². The van der Waals surface area contributed by atoms with E-state index in [1.54, 1.807) is 0 Å². The molecular formula is C19H33N3O2. The van der Waals surface area contributed by atoms with E-state index in [0.29, 0.717) is 30.8 Å². The van der Waals surface area contributed by atoms with Crippen LogP contribution >= 0.6 is 0 Å². The first-order valence-corrected chi connectivity index (χ1v) is 8.95. The van der Waals surface area contributed by atoms with Gasteiger partial charge in [-0.2, -0.15) is 0 Å². The summed E-state index contributed by atoms with van der Waals surface area (Å²) in [4.78, 5) is 12.0. The van der Waals surface area contributed by atoms with Crippen LogP contribution in [-0.2, 0) is 4.74 Å². The second-order valence-corrected chi connectivity index (χ2v) is 6.56. The zero-order chi connectivity index (χ0) is 17.8. The molecule has 0 aliphatic heterocycles. The molecule has 0 heterocycles. The van der Waals surface area contributed by atoms with Crippen LogP contribution < -0.4 is 16.0 Å². The van der Waals surface area contributed by atoms with Gasteiger partial charge >= 0.3 is 0 Å². The number of amides is 1. The van der Waals surface area contributed by atoms with Crippen molar-refractivity contribution in [3.8, 4) is 0 Å². The predicted octanol–water partition coefficient (Wildman–Crippen LogP) is 3.03. The highest BCUT2D eigenvalue weighted by Crippen LogP contribution is 2.10. The quantitative estimate of drug-likeness (QED) is 0.514. The van der Waals surface area contributed by atoms with Gasteiger partial charge in [0, 0.05) is 43.1 Å². The van der Waals surface area contributed by atoms with Gasteiger partial charge in [-0.25, -0.2) is 0 Å². The van der Waals surface area contributed by atoms with Crippen molar-refractivity contribution in [2.45, 2.75) is 52.6 Å². The van der Waals surface area contributed by atoms with Crippen LogP contribution in [0, 0.1) is 0 Å². The molecule has 0 radical (unpaired) electrons. The van der Waals surface area contributed by atoms with Crippen molar-refractivity contribution in [2.24, 2.45) is 0 Å². The molecule has 1 amide bonds. The van der Waals surface area contributed by atoms with Gasteiger partial charge in [0.1, 0.15) is 0 Å². The maximum Gasteiger partial charge on any atom is 0.251 e. The fourth-order valence-corrected chi connectivity index (χ4v) is 2.20. The van der Waals surface area contributed by atoms with Crippen molar-refractivity contribution in [1.82, 2.24) is 10.6 Å². The molecule has 0 saturated carbocycles. The number of benzene rings is 1. The minimum Gasteiger partial charge on any atom is -0.383 e. The van der Waals surface area contributed by atoms with E-state index in [-0.39, 0.29) is 5.91 Å². The molecular weight excluding hydrogens is 302 g/mol. The Morgan fingerprint density at radius 2 is 1.58 bits per heavy atom. The molecule has 5 nitrogen and oxygen atoms in total. The molecule has 3 N–H and O–H groups in total. The summed E-state index contributed by atoms with van der Waals surface area (Å²) in [5.41, 5.74) is 1.71. The fourth-order valence-electron chi connectivity index (χ4n) is 2.20. The second kappa shape index (κ2) is 11.9. The van der Waals surface area contributed by atoms with Crippen LogP contribution in [0.2, 0.25) is 0 Å². The summed E-state index contributed by atoms with van der Waals surface area (Å²) in [6.45, 7) is 11.5. The van der Waals surface area contributed by atoms with Gasteiger partial charge < -0.3 is 20.7 Å². The summed E-state index contributed by atoms with van der Waals surface area (Å²) in [5, 5.41) is 9.58. The van der Waals surface area contributed by atoms with Crippen LogP contribution in [0.1, 0.15) is 50.9 Å². The minimum atomic E-state index is -0.0350. The predicted molar refractivity (Wildman–Crippen MR) is 101 cm³/mol. The van der Waals surface area contributed by atoms with Gasteiger partial charge in [0.2, 0.25) is 0 Å². The van der Waals surface area contributed by atoms with E-state index < -0.39 is 0 Å². The van der Waals surface area contributed by atoms with E-state index in [4.69, 9.17) is 4.74 Å². The van der Waals surface area contributed by atoms with Crippen molar-refractivity contribution in [1.29, 1.82) is 0 Å². The molecule has 1 aromatic rings.